The lowest BCUT2D eigenvalue weighted by molar-refractivity contribution is 0.0960. The van der Waals surface area contributed by atoms with Crippen molar-refractivity contribution < 1.29 is 10.2 Å². The van der Waals surface area contributed by atoms with E-state index in [0.717, 1.165) is 12.3 Å². The standard InChI is InChI=1S/C11H22O2/c1-9-2-4-10(5-3-9)8-11(13)6-7-12/h9-13H,2-8H2,1H3. The monoisotopic (exact) mass is 186 g/mol. The maximum Gasteiger partial charge on any atom is 0.0564 e. The summed E-state index contributed by atoms with van der Waals surface area (Å²) in [5, 5.41) is 18.2. The van der Waals surface area contributed by atoms with Crippen molar-refractivity contribution in [1.82, 2.24) is 0 Å². The van der Waals surface area contributed by atoms with Crippen LogP contribution in [0.4, 0.5) is 0 Å². The molecule has 0 saturated heterocycles. The predicted molar refractivity (Wildman–Crippen MR) is 53.4 cm³/mol. The summed E-state index contributed by atoms with van der Waals surface area (Å²) in [4.78, 5) is 0. The maximum atomic E-state index is 9.51. The molecule has 1 unspecified atom stereocenters. The molecule has 1 atom stereocenters. The van der Waals surface area contributed by atoms with Gasteiger partial charge in [-0.15, -0.1) is 0 Å². The lowest BCUT2D eigenvalue weighted by Gasteiger charge is -2.27. The van der Waals surface area contributed by atoms with Crippen LogP contribution in [0.15, 0.2) is 0 Å². The van der Waals surface area contributed by atoms with Crippen molar-refractivity contribution in [2.24, 2.45) is 11.8 Å². The lowest BCUT2D eigenvalue weighted by atomic mass is 9.80. The SMILES string of the molecule is CC1CCC(CC(O)CCO)CC1. The van der Waals surface area contributed by atoms with E-state index in [-0.39, 0.29) is 12.7 Å². The average Bonchev–Trinajstić information content (AvgIpc) is 2.09. The van der Waals surface area contributed by atoms with Crippen molar-refractivity contribution in [3.05, 3.63) is 0 Å². The Morgan fingerprint density at radius 3 is 2.38 bits per heavy atom. The van der Waals surface area contributed by atoms with Gasteiger partial charge in [0.25, 0.3) is 0 Å². The zero-order chi connectivity index (χ0) is 9.68. The summed E-state index contributed by atoms with van der Waals surface area (Å²) in [5.41, 5.74) is 0. The molecule has 0 radical (unpaired) electrons. The molecule has 0 aliphatic heterocycles. The molecule has 1 aliphatic carbocycles. The fourth-order valence-electron chi connectivity index (χ4n) is 2.22. The van der Waals surface area contributed by atoms with Crippen LogP contribution in [0.3, 0.4) is 0 Å². The molecule has 13 heavy (non-hydrogen) atoms. The third-order valence-corrected chi connectivity index (χ3v) is 3.20. The Morgan fingerprint density at radius 1 is 1.23 bits per heavy atom. The van der Waals surface area contributed by atoms with Gasteiger partial charge in [-0.3, -0.25) is 0 Å². The van der Waals surface area contributed by atoms with Gasteiger partial charge in [-0.2, -0.15) is 0 Å². The van der Waals surface area contributed by atoms with Gasteiger partial charge in [0.2, 0.25) is 0 Å². The van der Waals surface area contributed by atoms with Gasteiger partial charge in [-0.25, -0.2) is 0 Å². The Hall–Kier alpha value is -0.0800. The van der Waals surface area contributed by atoms with Crippen LogP contribution in [0.5, 0.6) is 0 Å². The fourth-order valence-corrected chi connectivity index (χ4v) is 2.22. The van der Waals surface area contributed by atoms with E-state index in [0.29, 0.717) is 12.3 Å². The Labute approximate surface area is 81.0 Å². The first-order chi connectivity index (χ1) is 6.22. The van der Waals surface area contributed by atoms with Crippen molar-refractivity contribution in [1.29, 1.82) is 0 Å². The highest BCUT2D eigenvalue weighted by Gasteiger charge is 2.20. The van der Waals surface area contributed by atoms with Gasteiger partial charge in [0.1, 0.15) is 0 Å². The minimum absolute atomic E-state index is 0.115. The smallest absolute Gasteiger partial charge is 0.0564 e. The van der Waals surface area contributed by atoms with Crippen LogP contribution in [0.1, 0.15) is 45.4 Å². The molecule has 0 heterocycles. The van der Waals surface area contributed by atoms with Crippen LogP contribution >= 0.6 is 0 Å². The zero-order valence-corrected chi connectivity index (χ0v) is 8.58. The summed E-state index contributed by atoms with van der Waals surface area (Å²) in [7, 11) is 0. The summed E-state index contributed by atoms with van der Waals surface area (Å²) < 4.78 is 0. The van der Waals surface area contributed by atoms with Gasteiger partial charge in [0, 0.05) is 6.61 Å². The van der Waals surface area contributed by atoms with Crippen molar-refractivity contribution in [2.75, 3.05) is 6.61 Å². The van der Waals surface area contributed by atoms with Crippen LogP contribution in [0.25, 0.3) is 0 Å². The third-order valence-electron chi connectivity index (χ3n) is 3.20. The largest absolute Gasteiger partial charge is 0.396 e. The van der Waals surface area contributed by atoms with E-state index in [2.05, 4.69) is 6.92 Å². The average molecular weight is 186 g/mol. The summed E-state index contributed by atoms with van der Waals surface area (Å²) in [6.45, 7) is 2.42. The van der Waals surface area contributed by atoms with E-state index in [9.17, 15) is 5.11 Å². The first-order valence-corrected chi connectivity index (χ1v) is 5.51. The minimum Gasteiger partial charge on any atom is -0.396 e. The molecule has 1 aliphatic rings. The highest BCUT2D eigenvalue weighted by molar-refractivity contribution is 4.72. The molecular weight excluding hydrogens is 164 g/mol. The Kier molecular flexibility index (Phi) is 4.74. The van der Waals surface area contributed by atoms with Crippen molar-refractivity contribution in [2.45, 2.75) is 51.6 Å². The fraction of sp³-hybridized carbons (Fsp3) is 1.00. The van der Waals surface area contributed by atoms with E-state index >= 15 is 0 Å². The second kappa shape index (κ2) is 5.61. The molecule has 1 fully saturated rings. The van der Waals surface area contributed by atoms with E-state index < -0.39 is 0 Å². The van der Waals surface area contributed by atoms with Gasteiger partial charge in [-0.05, 0) is 24.7 Å². The Balaban J connectivity index is 2.14. The Bertz CT molecular complexity index is 128. The first kappa shape index (κ1) is 11.0. The molecule has 78 valence electrons. The quantitative estimate of drug-likeness (QED) is 0.704. The third kappa shape index (κ3) is 4.10. The Morgan fingerprint density at radius 2 is 1.85 bits per heavy atom. The molecule has 2 nitrogen and oxygen atoms in total. The highest BCUT2D eigenvalue weighted by atomic mass is 16.3. The number of hydrogen-bond donors (Lipinski definition) is 2. The molecule has 1 saturated carbocycles. The van der Waals surface area contributed by atoms with Crippen molar-refractivity contribution in [3.63, 3.8) is 0 Å². The number of rotatable bonds is 4. The van der Waals surface area contributed by atoms with Gasteiger partial charge in [0.05, 0.1) is 6.10 Å². The van der Waals surface area contributed by atoms with Crippen LogP contribution in [0, 0.1) is 11.8 Å². The van der Waals surface area contributed by atoms with Crippen molar-refractivity contribution in [3.8, 4) is 0 Å². The second-order valence-electron chi connectivity index (χ2n) is 4.53. The molecule has 0 aromatic carbocycles. The van der Waals surface area contributed by atoms with Gasteiger partial charge in [-0.1, -0.05) is 32.6 Å². The predicted octanol–water partition coefficient (Wildman–Crippen LogP) is 1.95. The number of aliphatic hydroxyl groups is 2. The lowest BCUT2D eigenvalue weighted by Crippen LogP contribution is -2.19. The van der Waals surface area contributed by atoms with E-state index in [1.807, 2.05) is 0 Å². The van der Waals surface area contributed by atoms with Crippen molar-refractivity contribution >= 4 is 0 Å². The summed E-state index contributed by atoms with van der Waals surface area (Å²) >= 11 is 0. The van der Waals surface area contributed by atoms with Crippen LogP contribution in [-0.4, -0.2) is 22.9 Å². The molecule has 0 aromatic rings. The molecular formula is C11H22O2. The highest BCUT2D eigenvalue weighted by Crippen LogP contribution is 2.31. The molecule has 1 rings (SSSR count). The van der Waals surface area contributed by atoms with Gasteiger partial charge < -0.3 is 10.2 Å². The van der Waals surface area contributed by atoms with Crippen LogP contribution < -0.4 is 0 Å². The van der Waals surface area contributed by atoms with E-state index in [1.54, 1.807) is 0 Å². The topological polar surface area (TPSA) is 40.5 Å². The zero-order valence-electron chi connectivity index (χ0n) is 8.58. The normalized spacial score (nSPS) is 31.6. The molecule has 2 N–H and O–H groups in total. The van der Waals surface area contributed by atoms with E-state index in [4.69, 9.17) is 5.11 Å². The number of hydrogen-bond acceptors (Lipinski definition) is 2. The molecule has 2 heteroatoms. The molecule has 0 aromatic heterocycles. The summed E-state index contributed by atoms with van der Waals surface area (Å²) in [6, 6.07) is 0. The van der Waals surface area contributed by atoms with Gasteiger partial charge >= 0.3 is 0 Å². The summed E-state index contributed by atoms with van der Waals surface area (Å²) in [6.07, 6.45) is 6.34. The maximum absolute atomic E-state index is 9.51. The van der Waals surface area contributed by atoms with Crippen LogP contribution in [-0.2, 0) is 0 Å². The first-order valence-electron chi connectivity index (χ1n) is 5.51. The molecule has 0 amide bonds. The number of aliphatic hydroxyl groups excluding tert-OH is 2. The molecule has 0 bridgehead atoms. The summed E-state index contributed by atoms with van der Waals surface area (Å²) in [5.74, 6) is 1.59. The molecule has 0 spiro atoms. The minimum atomic E-state index is -0.275. The van der Waals surface area contributed by atoms with Gasteiger partial charge in [0.15, 0.2) is 0 Å². The van der Waals surface area contributed by atoms with Crippen LogP contribution in [0.2, 0.25) is 0 Å². The second-order valence-corrected chi connectivity index (χ2v) is 4.53. The van der Waals surface area contributed by atoms with E-state index in [1.165, 1.54) is 25.7 Å².